The lowest BCUT2D eigenvalue weighted by atomic mass is 10.1. The van der Waals surface area contributed by atoms with Gasteiger partial charge < -0.3 is 15.1 Å². The van der Waals surface area contributed by atoms with E-state index in [9.17, 15) is 18.0 Å². The van der Waals surface area contributed by atoms with Crippen molar-refractivity contribution < 1.29 is 18.0 Å². The lowest BCUT2D eigenvalue weighted by Gasteiger charge is -2.36. The Morgan fingerprint density at radius 2 is 1.73 bits per heavy atom. The number of halogens is 4. The largest absolute Gasteiger partial charge is 0.368 e. The first-order valence-electron chi connectivity index (χ1n) is 8.07. The van der Waals surface area contributed by atoms with Crippen LogP contribution in [0, 0.1) is 24.4 Å². The SMILES string of the molecule is Cc1ccc(Cl)cc1N1CCN(C(=O)Nc2ccc(F)c(F)c2F)CC1. The summed E-state index contributed by atoms with van der Waals surface area (Å²) in [4.78, 5) is 15.9. The molecule has 2 aromatic carbocycles. The van der Waals surface area contributed by atoms with Crippen molar-refractivity contribution in [2.45, 2.75) is 6.92 Å². The Hall–Kier alpha value is -2.41. The second-order valence-electron chi connectivity index (χ2n) is 6.06. The topological polar surface area (TPSA) is 35.6 Å². The fourth-order valence-corrected chi connectivity index (χ4v) is 3.06. The van der Waals surface area contributed by atoms with Crippen LogP contribution in [0.15, 0.2) is 30.3 Å². The van der Waals surface area contributed by atoms with Crippen LogP contribution in [-0.4, -0.2) is 37.1 Å². The van der Waals surface area contributed by atoms with Crippen LogP contribution >= 0.6 is 11.6 Å². The van der Waals surface area contributed by atoms with Crippen molar-refractivity contribution in [1.29, 1.82) is 0 Å². The van der Waals surface area contributed by atoms with Crippen LogP contribution < -0.4 is 10.2 Å². The van der Waals surface area contributed by atoms with E-state index in [0.29, 0.717) is 31.2 Å². The molecule has 0 spiro atoms. The number of amides is 2. The third kappa shape index (κ3) is 3.72. The van der Waals surface area contributed by atoms with Crippen LogP contribution in [-0.2, 0) is 0 Å². The quantitative estimate of drug-likeness (QED) is 0.779. The van der Waals surface area contributed by atoms with Gasteiger partial charge in [0.05, 0.1) is 5.69 Å². The summed E-state index contributed by atoms with van der Waals surface area (Å²) in [7, 11) is 0. The van der Waals surface area contributed by atoms with E-state index in [1.165, 1.54) is 4.90 Å². The number of nitrogens with zero attached hydrogens (tertiary/aromatic N) is 2. The average Bonchev–Trinajstić information content (AvgIpc) is 2.64. The van der Waals surface area contributed by atoms with Crippen LogP contribution in [0.3, 0.4) is 0 Å². The summed E-state index contributed by atoms with van der Waals surface area (Å²) in [6.45, 7) is 3.95. The molecule has 1 heterocycles. The standard InChI is InChI=1S/C18H17ClF3N3O/c1-11-2-3-12(19)10-15(11)24-6-8-25(9-7-24)18(26)23-14-5-4-13(20)16(21)17(14)22/h2-5,10H,6-9H2,1H3,(H,23,26). The summed E-state index contributed by atoms with van der Waals surface area (Å²) in [5, 5.41) is 2.93. The van der Waals surface area contributed by atoms with Gasteiger partial charge >= 0.3 is 6.03 Å². The highest BCUT2D eigenvalue weighted by atomic mass is 35.5. The maximum absolute atomic E-state index is 13.7. The van der Waals surface area contributed by atoms with E-state index < -0.39 is 23.5 Å². The molecule has 1 aliphatic heterocycles. The lowest BCUT2D eigenvalue weighted by Crippen LogP contribution is -2.50. The van der Waals surface area contributed by atoms with Crippen LogP contribution in [0.25, 0.3) is 0 Å². The Bertz CT molecular complexity index is 839. The van der Waals surface area contributed by atoms with Gasteiger partial charge in [0.1, 0.15) is 0 Å². The van der Waals surface area contributed by atoms with Crippen LogP contribution in [0.5, 0.6) is 0 Å². The molecule has 2 aromatic rings. The zero-order chi connectivity index (χ0) is 18.8. The minimum absolute atomic E-state index is 0.387. The highest BCUT2D eigenvalue weighted by Gasteiger charge is 2.24. The van der Waals surface area contributed by atoms with Crippen molar-refractivity contribution in [2.24, 2.45) is 0 Å². The Labute approximate surface area is 154 Å². The highest BCUT2D eigenvalue weighted by Crippen LogP contribution is 2.26. The van der Waals surface area contributed by atoms with Crippen molar-refractivity contribution in [3.63, 3.8) is 0 Å². The molecule has 1 saturated heterocycles. The number of carbonyl (C=O) groups excluding carboxylic acids is 1. The molecule has 1 fully saturated rings. The molecule has 0 atom stereocenters. The molecule has 0 aliphatic carbocycles. The second kappa shape index (κ2) is 7.45. The zero-order valence-corrected chi connectivity index (χ0v) is 14.8. The van der Waals surface area contributed by atoms with E-state index in [0.717, 1.165) is 23.4 Å². The number of benzene rings is 2. The van der Waals surface area contributed by atoms with Gasteiger partial charge in [0.15, 0.2) is 17.5 Å². The molecule has 0 bridgehead atoms. The molecular weight excluding hydrogens is 367 g/mol. The zero-order valence-electron chi connectivity index (χ0n) is 14.0. The van der Waals surface area contributed by atoms with Gasteiger partial charge in [-0.3, -0.25) is 0 Å². The van der Waals surface area contributed by atoms with E-state index in [1.54, 1.807) is 0 Å². The Morgan fingerprint density at radius 3 is 2.42 bits per heavy atom. The molecule has 3 rings (SSSR count). The van der Waals surface area contributed by atoms with Crippen molar-refractivity contribution >= 4 is 29.0 Å². The maximum Gasteiger partial charge on any atom is 0.322 e. The van der Waals surface area contributed by atoms with Gasteiger partial charge in [0.2, 0.25) is 0 Å². The molecule has 26 heavy (non-hydrogen) atoms. The van der Waals surface area contributed by atoms with E-state index in [4.69, 9.17) is 11.6 Å². The van der Waals surface area contributed by atoms with E-state index in [-0.39, 0.29) is 5.69 Å². The van der Waals surface area contributed by atoms with E-state index in [2.05, 4.69) is 10.2 Å². The minimum atomic E-state index is -1.61. The summed E-state index contributed by atoms with van der Waals surface area (Å²) < 4.78 is 39.9. The van der Waals surface area contributed by atoms with Gasteiger partial charge in [0, 0.05) is 36.9 Å². The Kier molecular flexibility index (Phi) is 5.27. The van der Waals surface area contributed by atoms with Crippen LogP contribution in [0.4, 0.5) is 29.3 Å². The number of anilines is 2. The molecule has 8 heteroatoms. The Morgan fingerprint density at radius 1 is 1.04 bits per heavy atom. The average molecular weight is 384 g/mol. The molecule has 4 nitrogen and oxygen atoms in total. The number of carbonyl (C=O) groups is 1. The summed E-state index contributed by atoms with van der Waals surface area (Å²) in [6, 6.07) is 6.84. The molecular formula is C18H17ClF3N3O. The van der Waals surface area contributed by atoms with Crippen molar-refractivity contribution in [2.75, 3.05) is 36.4 Å². The normalized spacial score (nSPS) is 14.5. The van der Waals surface area contributed by atoms with Gasteiger partial charge in [0.25, 0.3) is 0 Å². The Balaban J connectivity index is 1.64. The van der Waals surface area contributed by atoms with Crippen molar-refractivity contribution in [3.05, 3.63) is 58.4 Å². The van der Waals surface area contributed by atoms with Crippen LogP contribution in [0.2, 0.25) is 5.02 Å². The predicted molar refractivity (Wildman–Crippen MR) is 95.3 cm³/mol. The predicted octanol–water partition coefficient (Wildman–Crippen LogP) is 4.42. The minimum Gasteiger partial charge on any atom is -0.368 e. The second-order valence-corrected chi connectivity index (χ2v) is 6.49. The summed E-state index contributed by atoms with van der Waals surface area (Å²) in [5.41, 5.74) is 1.70. The van der Waals surface area contributed by atoms with E-state index in [1.807, 2.05) is 25.1 Å². The third-order valence-electron chi connectivity index (χ3n) is 4.36. The highest BCUT2D eigenvalue weighted by molar-refractivity contribution is 6.30. The smallest absolute Gasteiger partial charge is 0.322 e. The van der Waals surface area contributed by atoms with Gasteiger partial charge in [-0.15, -0.1) is 0 Å². The summed E-state index contributed by atoms with van der Waals surface area (Å²) in [5.74, 6) is -4.32. The molecule has 2 amide bonds. The molecule has 1 aliphatic rings. The molecule has 0 aromatic heterocycles. The number of rotatable bonds is 2. The molecule has 0 saturated carbocycles. The van der Waals surface area contributed by atoms with Crippen molar-refractivity contribution in [3.8, 4) is 0 Å². The van der Waals surface area contributed by atoms with Gasteiger partial charge in [-0.1, -0.05) is 17.7 Å². The molecule has 0 unspecified atom stereocenters. The first-order chi connectivity index (χ1) is 12.4. The third-order valence-corrected chi connectivity index (χ3v) is 4.59. The number of piperazine rings is 1. The maximum atomic E-state index is 13.7. The van der Waals surface area contributed by atoms with Gasteiger partial charge in [-0.25, -0.2) is 18.0 Å². The number of hydrogen-bond donors (Lipinski definition) is 1. The number of urea groups is 1. The number of nitrogens with one attached hydrogen (secondary N) is 1. The fraction of sp³-hybridized carbons (Fsp3) is 0.278. The molecule has 138 valence electrons. The monoisotopic (exact) mass is 383 g/mol. The van der Waals surface area contributed by atoms with E-state index >= 15 is 0 Å². The number of aryl methyl sites for hydroxylation is 1. The van der Waals surface area contributed by atoms with Crippen LogP contribution in [0.1, 0.15) is 5.56 Å². The fourth-order valence-electron chi connectivity index (χ4n) is 2.89. The van der Waals surface area contributed by atoms with Gasteiger partial charge in [-0.05, 0) is 36.8 Å². The first kappa shape index (κ1) is 18.4. The first-order valence-corrected chi connectivity index (χ1v) is 8.45. The van der Waals surface area contributed by atoms with Gasteiger partial charge in [-0.2, -0.15) is 0 Å². The lowest BCUT2D eigenvalue weighted by molar-refractivity contribution is 0.208. The summed E-state index contributed by atoms with van der Waals surface area (Å²) >= 11 is 6.05. The van der Waals surface area contributed by atoms with Crippen molar-refractivity contribution in [1.82, 2.24) is 4.90 Å². The summed E-state index contributed by atoms with van der Waals surface area (Å²) in [6.07, 6.45) is 0. The molecule has 1 N–H and O–H groups in total. The number of hydrogen-bond acceptors (Lipinski definition) is 2. The molecule has 0 radical (unpaired) electrons.